The molecule has 0 fully saturated rings. The van der Waals surface area contributed by atoms with E-state index in [0.717, 1.165) is 33.2 Å². The number of thiazole rings is 1. The van der Waals surface area contributed by atoms with Gasteiger partial charge in [-0.2, -0.15) is 0 Å². The Morgan fingerprint density at radius 3 is 3.04 bits per heavy atom. The first kappa shape index (κ1) is 16.1. The second kappa shape index (κ2) is 6.86. The molecule has 2 heterocycles. The van der Waals surface area contributed by atoms with E-state index in [2.05, 4.69) is 10.3 Å². The van der Waals surface area contributed by atoms with Gasteiger partial charge in [0, 0.05) is 34.5 Å². The van der Waals surface area contributed by atoms with Crippen molar-refractivity contribution in [2.45, 2.75) is 12.8 Å². The Morgan fingerprint density at radius 1 is 1.28 bits per heavy atom. The molecule has 6 heteroatoms. The Labute approximate surface area is 154 Å². The highest BCUT2D eigenvalue weighted by molar-refractivity contribution is 7.15. The number of rotatable bonds is 4. The van der Waals surface area contributed by atoms with Gasteiger partial charge in [0.05, 0.1) is 6.61 Å². The number of nitrogens with zero attached hydrogens (tertiary/aromatic N) is 1. The molecule has 1 aromatic heterocycles. The Hall–Kier alpha value is -2.37. The SMILES string of the molecule is O=C(Nc1ncc(Cc2ccccc2Cl)s1)c1ccc2c(c1)CCO2. The molecule has 0 saturated carbocycles. The molecule has 0 saturated heterocycles. The molecular formula is C19H15ClN2O2S. The average Bonchev–Trinajstić information content (AvgIpc) is 3.25. The number of ether oxygens (including phenoxy) is 1. The maximum atomic E-state index is 12.4. The van der Waals surface area contributed by atoms with Crippen LogP contribution < -0.4 is 10.1 Å². The third kappa shape index (κ3) is 3.52. The van der Waals surface area contributed by atoms with Gasteiger partial charge in [0.25, 0.3) is 5.91 Å². The van der Waals surface area contributed by atoms with Crippen LogP contribution in [0.25, 0.3) is 0 Å². The summed E-state index contributed by atoms with van der Waals surface area (Å²) in [6, 6.07) is 13.2. The van der Waals surface area contributed by atoms with E-state index in [4.69, 9.17) is 16.3 Å². The molecule has 0 unspecified atom stereocenters. The summed E-state index contributed by atoms with van der Waals surface area (Å²) in [5, 5.41) is 4.19. The third-order valence-corrected chi connectivity index (χ3v) is 5.33. The van der Waals surface area contributed by atoms with Gasteiger partial charge in [0.2, 0.25) is 0 Å². The van der Waals surface area contributed by atoms with Gasteiger partial charge in [-0.05, 0) is 35.4 Å². The molecule has 0 radical (unpaired) electrons. The van der Waals surface area contributed by atoms with Crippen LogP contribution in [0.15, 0.2) is 48.7 Å². The summed E-state index contributed by atoms with van der Waals surface area (Å²) in [5.41, 5.74) is 2.74. The molecule has 1 N–H and O–H groups in total. The standard InChI is InChI=1S/C19H15ClN2O2S/c20-16-4-2-1-3-12(16)10-15-11-21-19(25-15)22-18(23)14-5-6-17-13(9-14)7-8-24-17/h1-6,9,11H,7-8,10H2,(H,21,22,23). The number of hydrogen-bond acceptors (Lipinski definition) is 4. The van der Waals surface area contributed by atoms with E-state index in [-0.39, 0.29) is 5.91 Å². The Kier molecular flexibility index (Phi) is 4.42. The number of amides is 1. The number of benzene rings is 2. The highest BCUT2D eigenvalue weighted by Crippen LogP contribution is 2.27. The predicted molar refractivity (Wildman–Crippen MR) is 100.0 cm³/mol. The van der Waals surface area contributed by atoms with Crippen molar-refractivity contribution in [1.29, 1.82) is 0 Å². The van der Waals surface area contributed by atoms with Gasteiger partial charge in [0.1, 0.15) is 5.75 Å². The molecule has 1 aliphatic heterocycles. The van der Waals surface area contributed by atoms with Crippen LogP contribution >= 0.6 is 22.9 Å². The van der Waals surface area contributed by atoms with Gasteiger partial charge < -0.3 is 4.74 Å². The highest BCUT2D eigenvalue weighted by atomic mass is 35.5. The smallest absolute Gasteiger partial charge is 0.257 e. The first-order valence-electron chi connectivity index (χ1n) is 7.94. The maximum absolute atomic E-state index is 12.4. The lowest BCUT2D eigenvalue weighted by Crippen LogP contribution is -2.11. The number of carbonyl (C=O) groups is 1. The van der Waals surface area contributed by atoms with E-state index in [9.17, 15) is 4.79 Å². The van der Waals surface area contributed by atoms with Crippen LogP contribution in [0.5, 0.6) is 5.75 Å². The number of nitrogens with one attached hydrogen (secondary N) is 1. The molecule has 0 bridgehead atoms. The van der Waals surface area contributed by atoms with Crippen molar-refractivity contribution in [3.8, 4) is 5.75 Å². The van der Waals surface area contributed by atoms with Crippen molar-refractivity contribution in [3.63, 3.8) is 0 Å². The average molecular weight is 371 g/mol. The summed E-state index contributed by atoms with van der Waals surface area (Å²) < 4.78 is 5.47. The first-order chi connectivity index (χ1) is 12.2. The zero-order valence-corrected chi connectivity index (χ0v) is 14.9. The Morgan fingerprint density at radius 2 is 2.16 bits per heavy atom. The van der Waals surface area contributed by atoms with Gasteiger partial charge in [-0.3, -0.25) is 10.1 Å². The fourth-order valence-electron chi connectivity index (χ4n) is 2.77. The van der Waals surface area contributed by atoms with Crippen LogP contribution in [0, 0.1) is 0 Å². The molecule has 2 aromatic carbocycles. The fraction of sp³-hybridized carbons (Fsp3) is 0.158. The third-order valence-electron chi connectivity index (χ3n) is 4.05. The monoisotopic (exact) mass is 370 g/mol. The highest BCUT2D eigenvalue weighted by Gasteiger charge is 2.16. The van der Waals surface area contributed by atoms with E-state index in [1.165, 1.54) is 11.3 Å². The molecule has 1 amide bonds. The summed E-state index contributed by atoms with van der Waals surface area (Å²) in [4.78, 5) is 17.8. The molecule has 4 rings (SSSR count). The van der Waals surface area contributed by atoms with Gasteiger partial charge in [-0.15, -0.1) is 11.3 Å². The minimum absolute atomic E-state index is 0.159. The molecule has 1 aliphatic rings. The summed E-state index contributed by atoms with van der Waals surface area (Å²) in [7, 11) is 0. The minimum Gasteiger partial charge on any atom is -0.493 e. The lowest BCUT2D eigenvalue weighted by atomic mass is 10.1. The maximum Gasteiger partial charge on any atom is 0.257 e. The van der Waals surface area contributed by atoms with Gasteiger partial charge >= 0.3 is 0 Å². The number of aromatic nitrogens is 1. The van der Waals surface area contributed by atoms with Gasteiger partial charge in [0.15, 0.2) is 5.13 Å². The van der Waals surface area contributed by atoms with Crippen LogP contribution in [-0.2, 0) is 12.8 Å². The normalized spacial score (nSPS) is 12.5. The Bertz CT molecular complexity index is 939. The van der Waals surface area contributed by atoms with Crippen molar-refractivity contribution in [2.24, 2.45) is 0 Å². The van der Waals surface area contributed by atoms with E-state index < -0.39 is 0 Å². The van der Waals surface area contributed by atoms with Crippen molar-refractivity contribution in [2.75, 3.05) is 11.9 Å². The van der Waals surface area contributed by atoms with E-state index in [1.54, 1.807) is 12.3 Å². The molecule has 0 atom stereocenters. The van der Waals surface area contributed by atoms with Gasteiger partial charge in [-0.1, -0.05) is 29.8 Å². The molecule has 4 nitrogen and oxygen atoms in total. The lowest BCUT2D eigenvalue weighted by Gasteiger charge is -2.04. The van der Waals surface area contributed by atoms with Gasteiger partial charge in [-0.25, -0.2) is 4.98 Å². The van der Waals surface area contributed by atoms with Crippen LogP contribution in [0.2, 0.25) is 5.02 Å². The zero-order chi connectivity index (χ0) is 17.2. The summed E-state index contributed by atoms with van der Waals surface area (Å²) >= 11 is 7.65. The number of halogens is 1. The summed E-state index contributed by atoms with van der Waals surface area (Å²) in [6.45, 7) is 0.679. The van der Waals surface area contributed by atoms with Crippen LogP contribution in [0.4, 0.5) is 5.13 Å². The molecule has 0 aliphatic carbocycles. The topological polar surface area (TPSA) is 51.2 Å². The molecular weight excluding hydrogens is 356 g/mol. The zero-order valence-electron chi connectivity index (χ0n) is 13.3. The number of carbonyl (C=O) groups excluding carboxylic acids is 1. The molecule has 0 spiro atoms. The van der Waals surface area contributed by atoms with Crippen molar-refractivity contribution in [1.82, 2.24) is 4.98 Å². The van der Waals surface area contributed by atoms with Crippen LogP contribution in [0.3, 0.4) is 0 Å². The van der Waals surface area contributed by atoms with Crippen molar-refractivity contribution >= 4 is 34.0 Å². The fourth-order valence-corrected chi connectivity index (χ4v) is 3.81. The second-order valence-corrected chi connectivity index (χ2v) is 7.30. The minimum atomic E-state index is -0.159. The van der Waals surface area contributed by atoms with Crippen LogP contribution in [-0.4, -0.2) is 17.5 Å². The van der Waals surface area contributed by atoms with E-state index in [1.807, 2.05) is 36.4 Å². The van der Waals surface area contributed by atoms with Crippen LogP contribution in [0.1, 0.15) is 26.4 Å². The number of hydrogen-bond donors (Lipinski definition) is 1. The molecule has 126 valence electrons. The largest absolute Gasteiger partial charge is 0.493 e. The van der Waals surface area contributed by atoms with Crippen molar-refractivity contribution < 1.29 is 9.53 Å². The first-order valence-corrected chi connectivity index (χ1v) is 9.14. The van der Waals surface area contributed by atoms with E-state index in [0.29, 0.717) is 23.7 Å². The Balaban J connectivity index is 1.46. The van der Waals surface area contributed by atoms with Crippen molar-refractivity contribution in [3.05, 3.63) is 75.3 Å². The second-order valence-electron chi connectivity index (χ2n) is 5.78. The molecule has 3 aromatic rings. The lowest BCUT2D eigenvalue weighted by molar-refractivity contribution is 0.102. The predicted octanol–water partition coefficient (Wildman–Crippen LogP) is 4.57. The summed E-state index contributed by atoms with van der Waals surface area (Å²) in [6.07, 6.45) is 3.32. The molecule has 25 heavy (non-hydrogen) atoms. The summed E-state index contributed by atoms with van der Waals surface area (Å²) in [5.74, 6) is 0.709. The van der Waals surface area contributed by atoms with E-state index >= 15 is 0 Å². The number of fused-ring (bicyclic) bond motifs is 1. The number of anilines is 1. The quantitative estimate of drug-likeness (QED) is 0.731.